The third-order valence-electron chi connectivity index (χ3n) is 2.87. The molecule has 19 heavy (non-hydrogen) atoms. The van der Waals surface area contributed by atoms with Crippen LogP contribution in [0, 0.1) is 0 Å². The van der Waals surface area contributed by atoms with Crippen molar-refractivity contribution in [2.45, 2.75) is 12.8 Å². The van der Waals surface area contributed by atoms with E-state index in [0.717, 1.165) is 16.5 Å². The zero-order valence-corrected chi connectivity index (χ0v) is 10.5. The molecular weight excluding hydrogens is 246 g/mol. The molecule has 4 N–H and O–H groups in total. The fourth-order valence-corrected chi connectivity index (χ4v) is 1.97. The van der Waals surface area contributed by atoms with Crippen molar-refractivity contribution in [1.29, 1.82) is 0 Å². The molecule has 100 valence electrons. The third-order valence-corrected chi connectivity index (χ3v) is 2.87. The number of urea groups is 1. The lowest BCUT2D eigenvalue weighted by molar-refractivity contribution is -0.136. The highest BCUT2D eigenvalue weighted by Gasteiger charge is 2.13. The van der Waals surface area contributed by atoms with E-state index in [4.69, 9.17) is 5.11 Å². The van der Waals surface area contributed by atoms with E-state index in [0.29, 0.717) is 12.2 Å². The van der Waals surface area contributed by atoms with Crippen LogP contribution >= 0.6 is 0 Å². The lowest BCUT2D eigenvalue weighted by Crippen LogP contribution is -2.25. The Morgan fingerprint density at radius 2 is 2.05 bits per heavy atom. The maximum absolute atomic E-state index is 11.4. The number of nitrogens with one attached hydrogen (secondary N) is 3. The summed E-state index contributed by atoms with van der Waals surface area (Å²) in [7, 11) is 1.52. The van der Waals surface area contributed by atoms with Crippen molar-refractivity contribution in [2.24, 2.45) is 0 Å². The number of hydrogen-bond donors (Lipinski definition) is 4. The number of H-pyrrole nitrogens is 1. The van der Waals surface area contributed by atoms with Crippen LogP contribution in [-0.4, -0.2) is 29.1 Å². The Morgan fingerprint density at radius 1 is 1.32 bits per heavy atom. The summed E-state index contributed by atoms with van der Waals surface area (Å²) in [5, 5.41) is 14.9. The fourth-order valence-electron chi connectivity index (χ4n) is 1.97. The molecule has 0 unspecified atom stereocenters. The Hall–Kier alpha value is -2.50. The summed E-state index contributed by atoms with van der Waals surface area (Å²) in [5.41, 5.74) is 1.68. The minimum Gasteiger partial charge on any atom is -0.481 e. The molecular formula is C13H15N3O3. The van der Waals surface area contributed by atoms with Crippen LogP contribution in [0.4, 0.5) is 10.6 Å². The number of aromatic nitrogens is 1. The second kappa shape index (κ2) is 5.43. The van der Waals surface area contributed by atoms with Crippen LogP contribution in [0.3, 0.4) is 0 Å². The predicted molar refractivity (Wildman–Crippen MR) is 72.3 cm³/mol. The van der Waals surface area contributed by atoms with Crippen molar-refractivity contribution >= 4 is 28.7 Å². The molecule has 2 aromatic rings. The van der Waals surface area contributed by atoms with E-state index in [-0.39, 0.29) is 12.5 Å². The van der Waals surface area contributed by atoms with Crippen LogP contribution < -0.4 is 10.6 Å². The van der Waals surface area contributed by atoms with Gasteiger partial charge in [-0.05, 0) is 12.5 Å². The van der Waals surface area contributed by atoms with Gasteiger partial charge in [-0.3, -0.25) is 10.1 Å². The van der Waals surface area contributed by atoms with E-state index in [1.807, 2.05) is 24.3 Å². The normalized spacial score (nSPS) is 10.4. The number of carboxylic acid groups (broad SMARTS) is 1. The highest BCUT2D eigenvalue weighted by Crippen LogP contribution is 2.27. The standard InChI is InChI=1S/C13H15N3O3/c1-14-13(19)16-12-9(6-7-11(17)18)8-4-2-3-5-10(8)15-12/h2-5,15H,6-7H2,1H3,(H,17,18)(H2,14,16,19). The molecule has 0 radical (unpaired) electrons. The molecule has 2 amide bonds. The molecule has 6 heteroatoms. The van der Waals surface area contributed by atoms with Gasteiger partial charge in [-0.15, -0.1) is 0 Å². The van der Waals surface area contributed by atoms with E-state index in [2.05, 4.69) is 15.6 Å². The SMILES string of the molecule is CNC(=O)Nc1[nH]c2ccccc2c1CCC(=O)O. The number of aryl methyl sites for hydroxylation is 1. The van der Waals surface area contributed by atoms with Crippen LogP contribution in [0.25, 0.3) is 10.9 Å². The number of anilines is 1. The molecule has 0 aliphatic rings. The number of hydrogen-bond acceptors (Lipinski definition) is 2. The van der Waals surface area contributed by atoms with Gasteiger partial charge in [-0.25, -0.2) is 4.79 Å². The number of carboxylic acids is 1. The number of fused-ring (bicyclic) bond motifs is 1. The van der Waals surface area contributed by atoms with E-state index in [1.54, 1.807) is 0 Å². The van der Waals surface area contributed by atoms with E-state index in [9.17, 15) is 9.59 Å². The minimum absolute atomic E-state index is 0.0181. The average Bonchev–Trinajstić information content (AvgIpc) is 2.73. The highest BCUT2D eigenvalue weighted by atomic mass is 16.4. The lowest BCUT2D eigenvalue weighted by Gasteiger charge is -2.05. The van der Waals surface area contributed by atoms with Gasteiger partial charge in [0.05, 0.1) is 0 Å². The third kappa shape index (κ3) is 2.85. The molecule has 0 bridgehead atoms. The summed E-state index contributed by atoms with van der Waals surface area (Å²) in [6.07, 6.45) is 0.378. The van der Waals surface area contributed by atoms with Crippen LogP contribution in [0.5, 0.6) is 0 Å². The number of amides is 2. The van der Waals surface area contributed by atoms with Crippen LogP contribution in [0.2, 0.25) is 0 Å². The molecule has 1 heterocycles. The Bertz CT molecular complexity index is 619. The number of aromatic amines is 1. The molecule has 0 aliphatic heterocycles. The molecule has 0 atom stereocenters. The summed E-state index contributed by atoms with van der Waals surface area (Å²) in [6.45, 7) is 0. The molecule has 2 rings (SSSR count). The van der Waals surface area contributed by atoms with Gasteiger partial charge in [0.2, 0.25) is 0 Å². The number of para-hydroxylation sites is 1. The predicted octanol–water partition coefficient (Wildman–Crippen LogP) is 1.94. The van der Waals surface area contributed by atoms with Gasteiger partial charge in [0.15, 0.2) is 0 Å². The first kappa shape index (κ1) is 12.9. The van der Waals surface area contributed by atoms with Crippen molar-refractivity contribution in [3.05, 3.63) is 29.8 Å². The Labute approximate surface area is 109 Å². The summed E-state index contributed by atoms with van der Waals surface area (Å²) in [6, 6.07) is 7.20. The average molecular weight is 261 g/mol. The second-order valence-electron chi connectivity index (χ2n) is 4.12. The van der Waals surface area contributed by atoms with E-state index < -0.39 is 5.97 Å². The number of rotatable bonds is 4. The Morgan fingerprint density at radius 3 is 2.74 bits per heavy atom. The van der Waals surface area contributed by atoms with E-state index >= 15 is 0 Å². The van der Waals surface area contributed by atoms with Crippen molar-refractivity contribution in [3.63, 3.8) is 0 Å². The zero-order valence-electron chi connectivity index (χ0n) is 10.5. The number of aliphatic carboxylic acids is 1. The van der Waals surface area contributed by atoms with Gasteiger partial charge in [0.25, 0.3) is 0 Å². The fraction of sp³-hybridized carbons (Fsp3) is 0.231. The molecule has 0 aliphatic carbocycles. The Kier molecular flexibility index (Phi) is 3.70. The van der Waals surface area contributed by atoms with E-state index in [1.165, 1.54) is 7.05 Å². The zero-order chi connectivity index (χ0) is 13.8. The van der Waals surface area contributed by atoms with Gasteiger partial charge in [0, 0.05) is 29.9 Å². The van der Waals surface area contributed by atoms with Gasteiger partial charge >= 0.3 is 12.0 Å². The first-order valence-corrected chi connectivity index (χ1v) is 5.92. The lowest BCUT2D eigenvalue weighted by atomic mass is 10.1. The summed E-state index contributed by atoms with van der Waals surface area (Å²) in [4.78, 5) is 25.2. The molecule has 1 aromatic heterocycles. The van der Waals surface area contributed by atoms with Gasteiger partial charge < -0.3 is 15.4 Å². The summed E-state index contributed by atoms with van der Waals surface area (Å²) in [5.74, 6) is -0.321. The second-order valence-corrected chi connectivity index (χ2v) is 4.12. The van der Waals surface area contributed by atoms with Crippen LogP contribution in [0.1, 0.15) is 12.0 Å². The molecule has 1 aromatic carbocycles. The number of carbonyl (C=O) groups is 2. The largest absolute Gasteiger partial charge is 0.481 e. The number of benzene rings is 1. The maximum Gasteiger partial charge on any atom is 0.320 e. The summed E-state index contributed by atoms with van der Waals surface area (Å²) < 4.78 is 0. The smallest absolute Gasteiger partial charge is 0.320 e. The quantitative estimate of drug-likeness (QED) is 0.677. The maximum atomic E-state index is 11.4. The molecule has 0 saturated heterocycles. The topological polar surface area (TPSA) is 94.2 Å². The highest BCUT2D eigenvalue weighted by molar-refractivity contribution is 5.96. The Balaban J connectivity index is 2.39. The van der Waals surface area contributed by atoms with Crippen LogP contribution in [0.15, 0.2) is 24.3 Å². The van der Waals surface area contributed by atoms with Gasteiger partial charge in [-0.2, -0.15) is 0 Å². The van der Waals surface area contributed by atoms with Gasteiger partial charge in [-0.1, -0.05) is 18.2 Å². The van der Waals surface area contributed by atoms with Crippen LogP contribution in [-0.2, 0) is 11.2 Å². The molecule has 0 saturated carbocycles. The van der Waals surface area contributed by atoms with Crippen molar-refractivity contribution in [3.8, 4) is 0 Å². The van der Waals surface area contributed by atoms with Gasteiger partial charge in [0.1, 0.15) is 5.82 Å². The first-order chi connectivity index (χ1) is 9.11. The molecule has 0 fully saturated rings. The van der Waals surface area contributed by atoms with Crippen molar-refractivity contribution in [1.82, 2.24) is 10.3 Å². The molecule has 0 spiro atoms. The number of carbonyl (C=O) groups excluding carboxylic acids is 1. The van der Waals surface area contributed by atoms with Crippen molar-refractivity contribution in [2.75, 3.05) is 12.4 Å². The first-order valence-electron chi connectivity index (χ1n) is 5.92. The van der Waals surface area contributed by atoms with Crippen molar-refractivity contribution < 1.29 is 14.7 Å². The monoisotopic (exact) mass is 261 g/mol. The summed E-state index contributed by atoms with van der Waals surface area (Å²) >= 11 is 0. The minimum atomic E-state index is -0.865. The molecule has 6 nitrogen and oxygen atoms in total.